The van der Waals surface area contributed by atoms with Gasteiger partial charge in [0.05, 0.1) is 13.7 Å². The summed E-state index contributed by atoms with van der Waals surface area (Å²) < 4.78 is 11.4. The molecule has 1 aromatic carbocycles. The van der Waals surface area contributed by atoms with Crippen molar-refractivity contribution in [3.05, 3.63) is 53.9 Å². The molecule has 1 atom stereocenters. The fourth-order valence-corrected chi connectivity index (χ4v) is 3.11. The van der Waals surface area contributed by atoms with E-state index in [1.807, 2.05) is 24.3 Å². The van der Waals surface area contributed by atoms with Crippen LogP contribution in [0.3, 0.4) is 0 Å². The lowest BCUT2D eigenvalue weighted by Crippen LogP contribution is -2.31. The zero-order valence-electron chi connectivity index (χ0n) is 14.0. The van der Waals surface area contributed by atoms with Crippen LogP contribution in [0.1, 0.15) is 24.0 Å². The predicted octanol–water partition coefficient (Wildman–Crippen LogP) is 2.63. The third kappa shape index (κ3) is 4.04. The van der Waals surface area contributed by atoms with Crippen molar-refractivity contribution in [3.63, 3.8) is 0 Å². The first kappa shape index (κ1) is 16.7. The number of hydrogen-bond donors (Lipinski definition) is 1. The molecule has 1 aromatic heterocycles. The summed E-state index contributed by atoms with van der Waals surface area (Å²) in [4.78, 5) is 6.33. The number of aromatic nitrogens is 1. The molecule has 0 saturated carbocycles. The van der Waals surface area contributed by atoms with Gasteiger partial charge in [0, 0.05) is 25.0 Å². The third-order valence-corrected chi connectivity index (χ3v) is 4.47. The normalized spacial score (nSPS) is 17.8. The second-order valence-electron chi connectivity index (χ2n) is 6.08. The molecular formula is C19H24N2O3. The molecule has 0 amide bonds. The minimum absolute atomic E-state index is 0.226. The van der Waals surface area contributed by atoms with E-state index >= 15 is 0 Å². The van der Waals surface area contributed by atoms with Gasteiger partial charge in [-0.25, -0.2) is 0 Å². The van der Waals surface area contributed by atoms with Crippen LogP contribution < -0.4 is 9.47 Å². The Morgan fingerprint density at radius 1 is 1.17 bits per heavy atom. The molecule has 1 N–H and O–H groups in total. The van der Waals surface area contributed by atoms with Gasteiger partial charge in [-0.05, 0) is 54.8 Å². The molecule has 5 nitrogen and oxygen atoms in total. The molecule has 1 aliphatic rings. The van der Waals surface area contributed by atoms with Crippen LogP contribution in [0.2, 0.25) is 0 Å². The highest BCUT2D eigenvalue weighted by Gasteiger charge is 2.23. The van der Waals surface area contributed by atoms with Crippen molar-refractivity contribution >= 4 is 0 Å². The molecule has 1 saturated heterocycles. The molecule has 3 rings (SSSR count). The fourth-order valence-electron chi connectivity index (χ4n) is 3.11. The molecule has 2 heterocycles. The molecule has 0 aliphatic carbocycles. The number of ether oxygens (including phenoxy) is 2. The highest BCUT2D eigenvalue weighted by atomic mass is 16.5. The van der Waals surface area contributed by atoms with Crippen molar-refractivity contribution in [1.29, 1.82) is 0 Å². The molecule has 1 fully saturated rings. The maximum absolute atomic E-state index is 9.45. The third-order valence-electron chi connectivity index (χ3n) is 4.47. The fraction of sp³-hybridized carbons (Fsp3) is 0.421. The zero-order chi connectivity index (χ0) is 16.8. The Morgan fingerprint density at radius 2 is 2.00 bits per heavy atom. The summed E-state index contributed by atoms with van der Waals surface area (Å²) in [6.07, 6.45) is 5.73. The Morgan fingerprint density at radius 3 is 2.75 bits per heavy atom. The molecule has 2 aromatic rings. The highest BCUT2D eigenvalue weighted by Crippen LogP contribution is 2.30. The first-order chi connectivity index (χ1) is 11.8. The van der Waals surface area contributed by atoms with Gasteiger partial charge in [-0.2, -0.15) is 0 Å². The van der Waals surface area contributed by atoms with E-state index in [0.29, 0.717) is 6.61 Å². The van der Waals surface area contributed by atoms with Crippen LogP contribution in [0.5, 0.6) is 11.5 Å². The largest absolute Gasteiger partial charge is 0.493 e. The molecule has 0 spiro atoms. The van der Waals surface area contributed by atoms with Crippen molar-refractivity contribution in [2.75, 3.05) is 20.3 Å². The van der Waals surface area contributed by atoms with Crippen molar-refractivity contribution < 1.29 is 14.6 Å². The van der Waals surface area contributed by atoms with Crippen molar-refractivity contribution in [1.82, 2.24) is 9.88 Å². The molecule has 0 bridgehead atoms. The van der Waals surface area contributed by atoms with Gasteiger partial charge in [0.2, 0.25) is 0 Å². The van der Waals surface area contributed by atoms with E-state index in [1.165, 1.54) is 5.56 Å². The number of benzene rings is 1. The van der Waals surface area contributed by atoms with Crippen LogP contribution in [-0.2, 0) is 13.2 Å². The van der Waals surface area contributed by atoms with Gasteiger partial charge >= 0.3 is 0 Å². The van der Waals surface area contributed by atoms with Gasteiger partial charge in [0.15, 0.2) is 11.5 Å². The summed E-state index contributed by atoms with van der Waals surface area (Å²) in [5.74, 6) is 1.47. The van der Waals surface area contributed by atoms with Gasteiger partial charge in [-0.15, -0.1) is 0 Å². The molecular weight excluding hydrogens is 304 g/mol. The minimum Gasteiger partial charge on any atom is -0.493 e. The number of pyridine rings is 1. The number of hydrogen-bond acceptors (Lipinski definition) is 5. The first-order valence-corrected chi connectivity index (χ1v) is 8.33. The number of likely N-dealkylation sites (tertiary alicyclic amines) is 1. The van der Waals surface area contributed by atoms with Crippen LogP contribution in [0.15, 0.2) is 42.7 Å². The quantitative estimate of drug-likeness (QED) is 0.847. The Balaban J connectivity index is 1.66. The van der Waals surface area contributed by atoms with E-state index in [1.54, 1.807) is 19.5 Å². The molecule has 24 heavy (non-hydrogen) atoms. The Hall–Kier alpha value is -2.11. The average Bonchev–Trinajstić information content (AvgIpc) is 3.08. The highest BCUT2D eigenvalue weighted by molar-refractivity contribution is 5.43. The van der Waals surface area contributed by atoms with E-state index < -0.39 is 0 Å². The Bertz CT molecular complexity index is 648. The van der Waals surface area contributed by atoms with Crippen LogP contribution in [0.4, 0.5) is 0 Å². The van der Waals surface area contributed by atoms with E-state index in [9.17, 15) is 5.11 Å². The van der Waals surface area contributed by atoms with Crippen LogP contribution in [-0.4, -0.2) is 41.3 Å². The molecule has 5 heteroatoms. The Labute approximate surface area is 142 Å². The van der Waals surface area contributed by atoms with Gasteiger partial charge < -0.3 is 14.6 Å². The standard InChI is InChI=1S/C19H24N2O3/c1-23-19-11-16(12-21-10-2-3-17(21)13-22)4-5-18(19)24-14-15-6-8-20-9-7-15/h4-9,11,17,22H,2-3,10,12-14H2,1H3/t17-/m1/s1. The van der Waals surface area contributed by atoms with Crippen LogP contribution >= 0.6 is 0 Å². The topological polar surface area (TPSA) is 54.8 Å². The number of methoxy groups -OCH3 is 1. The number of nitrogens with zero attached hydrogens (tertiary/aromatic N) is 2. The van der Waals surface area contributed by atoms with Crippen molar-refractivity contribution in [3.8, 4) is 11.5 Å². The summed E-state index contributed by atoms with van der Waals surface area (Å²) in [7, 11) is 1.66. The van der Waals surface area contributed by atoms with Crippen LogP contribution in [0, 0.1) is 0 Å². The number of aliphatic hydroxyl groups excluding tert-OH is 1. The second-order valence-corrected chi connectivity index (χ2v) is 6.08. The molecule has 128 valence electrons. The minimum atomic E-state index is 0.226. The van der Waals surface area contributed by atoms with Gasteiger partial charge in [0.25, 0.3) is 0 Å². The van der Waals surface area contributed by atoms with E-state index in [4.69, 9.17) is 9.47 Å². The van der Waals surface area contributed by atoms with Crippen molar-refractivity contribution in [2.24, 2.45) is 0 Å². The van der Waals surface area contributed by atoms with Gasteiger partial charge in [-0.3, -0.25) is 9.88 Å². The van der Waals surface area contributed by atoms with Gasteiger partial charge in [0.1, 0.15) is 6.61 Å². The second kappa shape index (κ2) is 8.13. The Kier molecular flexibility index (Phi) is 5.67. The number of aliphatic hydroxyl groups is 1. The predicted molar refractivity (Wildman–Crippen MR) is 92.1 cm³/mol. The maximum Gasteiger partial charge on any atom is 0.161 e. The zero-order valence-corrected chi connectivity index (χ0v) is 14.0. The molecule has 1 aliphatic heterocycles. The SMILES string of the molecule is COc1cc(CN2CCC[C@@H]2CO)ccc1OCc1ccncc1. The van der Waals surface area contributed by atoms with E-state index in [-0.39, 0.29) is 12.6 Å². The summed E-state index contributed by atoms with van der Waals surface area (Å²) in [6, 6.07) is 10.2. The first-order valence-electron chi connectivity index (χ1n) is 8.33. The molecule has 0 unspecified atom stereocenters. The summed E-state index contributed by atoms with van der Waals surface area (Å²) in [5.41, 5.74) is 2.24. The average molecular weight is 328 g/mol. The van der Waals surface area contributed by atoms with Crippen LogP contribution in [0.25, 0.3) is 0 Å². The summed E-state index contributed by atoms with van der Waals surface area (Å²) in [5, 5.41) is 9.45. The summed E-state index contributed by atoms with van der Waals surface area (Å²) >= 11 is 0. The smallest absolute Gasteiger partial charge is 0.161 e. The van der Waals surface area contributed by atoms with Crippen molar-refractivity contribution in [2.45, 2.75) is 32.0 Å². The van der Waals surface area contributed by atoms with E-state index in [0.717, 1.165) is 43.0 Å². The number of rotatable bonds is 7. The lowest BCUT2D eigenvalue weighted by Gasteiger charge is -2.23. The van der Waals surface area contributed by atoms with Gasteiger partial charge in [-0.1, -0.05) is 6.07 Å². The monoisotopic (exact) mass is 328 g/mol. The lowest BCUT2D eigenvalue weighted by atomic mass is 10.1. The maximum atomic E-state index is 9.45. The molecule has 0 radical (unpaired) electrons. The van der Waals surface area contributed by atoms with E-state index in [2.05, 4.69) is 16.0 Å². The summed E-state index contributed by atoms with van der Waals surface area (Å²) in [6.45, 7) is 2.57. The lowest BCUT2D eigenvalue weighted by molar-refractivity contribution is 0.153.